The number of nitrogens with one attached hydrogen (secondary N) is 2. The summed E-state index contributed by atoms with van der Waals surface area (Å²) < 4.78 is 0. The van der Waals surface area contributed by atoms with Crippen LogP contribution in [0.25, 0.3) is 0 Å². The van der Waals surface area contributed by atoms with Gasteiger partial charge in [-0.2, -0.15) is 0 Å². The molecule has 4 heteroatoms. The third kappa shape index (κ3) is 4.17. The van der Waals surface area contributed by atoms with Crippen molar-refractivity contribution in [3.63, 3.8) is 0 Å². The van der Waals surface area contributed by atoms with Gasteiger partial charge in [0.25, 0.3) is 0 Å². The molecule has 1 amide bonds. The molecular formula is C16H19N3O. The largest absolute Gasteiger partial charge is 0.325 e. The van der Waals surface area contributed by atoms with Gasteiger partial charge in [-0.05, 0) is 37.6 Å². The molecule has 104 valence electrons. The molecule has 1 heterocycles. The van der Waals surface area contributed by atoms with Crippen LogP contribution in [0.3, 0.4) is 0 Å². The zero-order chi connectivity index (χ0) is 14.4. The van der Waals surface area contributed by atoms with Gasteiger partial charge in [0.15, 0.2) is 0 Å². The van der Waals surface area contributed by atoms with E-state index in [1.807, 2.05) is 50.2 Å². The molecule has 0 aliphatic carbocycles. The van der Waals surface area contributed by atoms with Crippen LogP contribution >= 0.6 is 0 Å². The summed E-state index contributed by atoms with van der Waals surface area (Å²) in [6.45, 7) is 4.29. The highest BCUT2D eigenvalue weighted by Crippen LogP contribution is 2.10. The van der Waals surface area contributed by atoms with E-state index in [0.29, 0.717) is 0 Å². The minimum atomic E-state index is -0.0513. The van der Waals surface area contributed by atoms with Gasteiger partial charge in [-0.25, -0.2) is 0 Å². The van der Waals surface area contributed by atoms with Crippen LogP contribution in [0, 0.1) is 6.92 Å². The van der Waals surface area contributed by atoms with Crippen LogP contribution < -0.4 is 10.6 Å². The summed E-state index contributed by atoms with van der Waals surface area (Å²) in [6, 6.07) is 11.7. The maximum absolute atomic E-state index is 11.8. The van der Waals surface area contributed by atoms with Gasteiger partial charge in [-0.3, -0.25) is 9.78 Å². The predicted octanol–water partition coefficient (Wildman–Crippen LogP) is 2.68. The third-order valence-electron chi connectivity index (χ3n) is 3.09. The van der Waals surface area contributed by atoms with E-state index in [-0.39, 0.29) is 18.5 Å². The first-order chi connectivity index (χ1) is 9.65. The number of carbonyl (C=O) groups is 1. The van der Waals surface area contributed by atoms with Crippen LogP contribution in [0.2, 0.25) is 0 Å². The van der Waals surface area contributed by atoms with Crippen LogP contribution in [-0.2, 0) is 4.79 Å². The molecule has 1 aromatic carbocycles. The zero-order valence-corrected chi connectivity index (χ0v) is 11.8. The second-order valence-corrected chi connectivity index (χ2v) is 4.80. The normalized spacial score (nSPS) is 11.9. The fourth-order valence-corrected chi connectivity index (χ4v) is 1.84. The van der Waals surface area contributed by atoms with Crippen molar-refractivity contribution >= 4 is 11.6 Å². The minimum Gasteiger partial charge on any atom is -0.325 e. The lowest BCUT2D eigenvalue weighted by Crippen LogP contribution is -2.30. The first-order valence-electron chi connectivity index (χ1n) is 6.65. The summed E-state index contributed by atoms with van der Waals surface area (Å²) in [7, 11) is 0. The summed E-state index contributed by atoms with van der Waals surface area (Å²) in [5.41, 5.74) is 3.05. The average molecular weight is 269 g/mol. The number of hydrogen-bond donors (Lipinski definition) is 2. The minimum absolute atomic E-state index is 0.0513. The maximum atomic E-state index is 11.8. The number of rotatable bonds is 5. The fraction of sp³-hybridized carbons (Fsp3) is 0.250. The summed E-state index contributed by atoms with van der Waals surface area (Å²) in [4.78, 5) is 15.9. The van der Waals surface area contributed by atoms with Crippen LogP contribution in [0.5, 0.6) is 0 Å². The monoisotopic (exact) mass is 269 g/mol. The van der Waals surface area contributed by atoms with Crippen molar-refractivity contribution in [2.75, 3.05) is 11.9 Å². The number of aryl methyl sites for hydroxylation is 1. The molecule has 2 aromatic rings. The van der Waals surface area contributed by atoms with E-state index in [1.54, 1.807) is 12.4 Å². The fourth-order valence-electron chi connectivity index (χ4n) is 1.84. The third-order valence-corrected chi connectivity index (χ3v) is 3.09. The van der Waals surface area contributed by atoms with Crippen molar-refractivity contribution in [2.24, 2.45) is 0 Å². The second-order valence-electron chi connectivity index (χ2n) is 4.80. The summed E-state index contributed by atoms with van der Waals surface area (Å²) in [5, 5.41) is 6.04. The van der Waals surface area contributed by atoms with Crippen molar-refractivity contribution in [3.8, 4) is 0 Å². The van der Waals surface area contributed by atoms with Crippen molar-refractivity contribution < 1.29 is 4.79 Å². The molecule has 1 atom stereocenters. The number of nitrogens with zero attached hydrogens (tertiary/aromatic N) is 1. The molecule has 20 heavy (non-hydrogen) atoms. The van der Waals surface area contributed by atoms with E-state index < -0.39 is 0 Å². The first-order valence-corrected chi connectivity index (χ1v) is 6.65. The molecule has 0 saturated carbocycles. The van der Waals surface area contributed by atoms with E-state index >= 15 is 0 Å². The van der Waals surface area contributed by atoms with E-state index in [4.69, 9.17) is 0 Å². The first kappa shape index (κ1) is 14.2. The Morgan fingerprint density at radius 3 is 2.65 bits per heavy atom. The number of anilines is 1. The van der Waals surface area contributed by atoms with Gasteiger partial charge in [-0.1, -0.05) is 23.8 Å². The van der Waals surface area contributed by atoms with Gasteiger partial charge in [-0.15, -0.1) is 0 Å². The summed E-state index contributed by atoms with van der Waals surface area (Å²) in [5.74, 6) is -0.0513. The lowest BCUT2D eigenvalue weighted by molar-refractivity contribution is -0.115. The molecule has 2 N–H and O–H groups in total. The number of pyridine rings is 1. The Labute approximate surface area is 119 Å². The van der Waals surface area contributed by atoms with E-state index in [2.05, 4.69) is 15.6 Å². The lowest BCUT2D eigenvalue weighted by atomic mass is 10.1. The molecular weight excluding hydrogens is 250 g/mol. The molecule has 0 spiro atoms. The highest BCUT2D eigenvalue weighted by atomic mass is 16.1. The van der Waals surface area contributed by atoms with Crippen molar-refractivity contribution in [1.29, 1.82) is 0 Å². The number of benzene rings is 1. The molecule has 0 saturated heterocycles. The molecule has 1 aromatic heterocycles. The predicted molar refractivity (Wildman–Crippen MR) is 80.5 cm³/mol. The Morgan fingerprint density at radius 1 is 1.25 bits per heavy atom. The topological polar surface area (TPSA) is 54.0 Å². The Hall–Kier alpha value is -2.20. The Balaban J connectivity index is 1.82. The van der Waals surface area contributed by atoms with Gasteiger partial charge in [0.05, 0.1) is 6.54 Å². The Morgan fingerprint density at radius 2 is 2.00 bits per heavy atom. The summed E-state index contributed by atoms with van der Waals surface area (Å²) in [6.07, 6.45) is 3.54. The smallest absolute Gasteiger partial charge is 0.238 e. The van der Waals surface area contributed by atoms with Crippen molar-refractivity contribution in [3.05, 3.63) is 59.9 Å². The van der Waals surface area contributed by atoms with Crippen LogP contribution in [-0.4, -0.2) is 17.4 Å². The molecule has 0 fully saturated rings. The van der Waals surface area contributed by atoms with E-state index in [1.165, 1.54) is 5.56 Å². The van der Waals surface area contributed by atoms with Gasteiger partial charge in [0.1, 0.15) is 0 Å². The number of amides is 1. The van der Waals surface area contributed by atoms with E-state index in [0.717, 1.165) is 11.3 Å². The molecule has 0 aliphatic rings. The van der Waals surface area contributed by atoms with Crippen molar-refractivity contribution in [2.45, 2.75) is 19.9 Å². The van der Waals surface area contributed by atoms with Crippen LogP contribution in [0.15, 0.2) is 48.8 Å². The van der Waals surface area contributed by atoms with Gasteiger partial charge in [0, 0.05) is 24.1 Å². The molecule has 2 rings (SSSR count). The Kier molecular flexibility index (Phi) is 4.85. The quantitative estimate of drug-likeness (QED) is 0.877. The van der Waals surface area contributed by atoms with Gasteiger partial charge in [0.2, 0.25) is 5.91 Å². The summed E-state index contributed by atoms with van der Waals surface area (Å²) >= 11 is 0. The number of carbonyl (C=O) groups excluding carboxylic acids is 1. The number of aromatic nitrogens is 1. The van der Waals surface area contributed by atoms with Crippen LogP contribution in [0.1, 0.15) is 24.1 Å². The molecule has 4 nitrogen and oxygen atoms in total. The molecule has 0 aliphatic heterocycles. The van der Waals surface area contributed by atoms with Crippen LogP contribution in [0.4, 0.5) is 5.69 Å². The Bertz CT molecular complexity index is 552. The lowest BCUT2D eigenvalue weighted by Gasteiger charge is -2.13. The average Bonchev–Trinajstić information content (AvgIpc) is 2.48. The maximum Gasteiger partial charge on any atom is 0.238 e. The standard InChI is InChI=1S/C16H19N3O/c1-12-5-7-15(8-6-12)19-16(20)11-18-13(2)14-4-3-9-17-10-14/h3-10,13,18H,11H2,1-2H3,(H,19,20)/t13-/m1/s1. The highest BCUT2D eigenvalue weighted by Gasteiger charge is 2.07. The zero-order valence-electron chi connectivity index (χ0n) is 11.8. The van der Waals surface area contributed by atoms with Gasteiger partial charge >= 0.3 is 0 Å². The van der Waals surface area contributed by atoms with Crippen molar-refractivity contribution in [1.82, 2.24) is 10.3 Å². The SMILES string of the molecule is Cc1ccc(NC(=O)CN[C@H](C)c2cccnc2)cc1. The molecule has 0 unspecified atom stereocenters. The van der Waals surface area contributed by atoms with Gasteiger partial charge < -0.3 is 10.6 Å². The second kappa shape index (κ2) is 6.82. The highest BCUT2D eigenvalue weighted by molar-refractivity contribution is 5.92. The number of hydrogen-bond acceptors (Lipinski definition) is 3. The molecule has 0 radical (unpaired) electrons. The molecule has 0 bridgehead atoms. The van der Waals surface area contributed by atoms with E-state index in [9.17, 15) is 4.79 Å².